The van der Waals surface area contributed by atoms with E-state index in [2.05, 4.69) is 55.4 Å². The first-order valence-electron chi connectivity index (χ1n) is 18.0. The summed E-state index contributed by atoms with van der Waals surface area (Å²) in [5, 5.41) is 3.35. The number of carbonyl (C=O) groups excluding carboxylic acids is 6. The van der Waals surface area contributed by atoms with Gasteiger partial charge in [-0.15, -0.1) is 10.1 Å². The quantitative estimate of drug-likeness (QED) is 0.209. The van der Waals surface area contributed by atoms with Crippen LogP contribution in [0.4, 0.5) is 0 Å². The summed E-state index contributed by atoms with van der Waals surface area (Å²) in [7, 11) is -3.72. The van der Waals surface area contributed by atoms with Crippen LogP contribution in [-0.2, 0) is 28.9 Å². The average molecular weight is 739 g/mol. The minimum atomic E-state index is -2.64. The van der Waals surface area contributed by atoms with E-state index in [0.717, 1.165) is 17.3 Å². The zero-order valence-corrected chi connectivity index (χ0v) is 33.4. The van der Waals surface area contributed by atoms with Gasteiger partial charge in [-0.05, 0) is 65.2 Å². The molecule has 0 spiro atoms. The number of imide groups is 2. The van der Waals surface area contributed by atoms with E-state index < -0.39 is 52.7 Å². The molecular weight excluding hydrogens is 685 g/mol. The van der Waals surface area contributed by atoms with Gasteiger partial charge in [0.15, 0.2) is 0 Å². The third-order valence-electron chi connectivity index (χ3n) is 8.64. The number of hydrogen-bond donors (Lipinski definition) is 1. The van der Waals surface area contributed by atoms with E-state index in [1.54, 1.807) is 36.4 Å². The van der Waals surface area contributed by atoms with Crippen LogP contribution in [0.15, 0.2) is 48.5 Å². The van der Waals surface area contributed by atoms with E-state index in [-0.39, 0.29) is 31.2 Å². The molecule has 278 valence electrons. The number of nitrogens with zero attached hydrogens (tertiary/aromatic N) is 2. The Bertz CT molecular complexity index is 1500. The first-order chi connectivity index (χ1) is 23.9. The molecule has 0 unspecified atom stereocenters. The van der Waals surface area contributed by atoms with E-state index in [4.69, 9.17) is 9.68 Å². The van der Waals surface area contributed by atoms with Crippen LogP contribution >= 0.6 is 0 Å². The number of benzene rings is 2. The molecule has 0 aromatic heterocycles. The van der Waals surface area contributed by atoms with Gasteiger partial charge in [-0.1, -0.05) is 96.9 Å². The second-order valence-corrected chi connectivity index (χ2v) is 21.8. The molecule has 4 rings (SSSR count). The molecule has 2 aliphatic rings. The molecule has 2 fully saturated rings. The molecule has 0 atom stereocenters. The van der Waals surface area contributed by atoms with Gasteiger partial charge in [0.05, 0.1) is 19.9 Å². The van der Waals surface area contributed by atoms with Crippen LogP contribution in [-0.4, -0.2) is 67.6 Å². The number of hydroxylamine groups is 4. The highest BCUT2D eigenvalue weighted by molar-refractivity contribution is 6.85. The van der Waals surface area contributed by atoms with Crippen LogP contribution in [0.1, 0.15) is 102 Å². The normalized spacial score (nSPS) is 15.1. The highest BCUT2D eigenvalue weighted by Gasteiger charge is 2.36. The first kappa shape index (κ1) is 41.5. The summed E-state index contributed by atoms with van der Waals surface area (Å²) in [6.45, 7) is 17.4. The van der Waals surface area contributed by atoms with Crippen LogP contribution in [0.25, 0.3) is 0 Å². The van der Waals surface area contributed by atoms with Crippen molar-refractivity contribution in [1.29, 1.82) is 0 Å². The zero-order chi connectivity index (χ0) is 38.0. The van der Waals surface area contributed by atoms with Gasteiger partial charge in [0.1, 0.15) is 0 Å². The molecule has 0 radical (unpaired) electrons. The second kappa shape index (κ2) is 18.5. The van der Waals surface area contributed by atoms with Gasteiger partial charge in [-0.2, -0.15) is 0 Å². The minimum Gasteiger partial charge on any atom is -0.427 e. The van der Waals surface area contributed by atoms with Crippen molar-refractivity contribution in [1.82, 2.24) is 10.1 Å². The molecule has 2 saturated heterocycles. The maximum Gasteiger partial charge on any atom is 0.363 e. The summed E-state index contributed by atoms with van der Waals surface area (Å²) in [5.74, 6) is -1.28. The fraction of sp³-hybridized carbons (Fsp3) is 0.526. The summed E-state index contributed by atoms with van der Waals surface area (Å²) in [6, 6.07) is 18.2. The van der Waals surface area contributed by atoms with Crippen LogP contribution in [0.5, 0.6) is 0 Å². The number of hydrogen-bond acceptors (Lipinski definition) is 9. The van der Waals surface area contributed by atoms with E-state index in [9.17, 15) is 33.6 Å². The SMILES string of the molecule is CC(C)C[SiH](CC(C)C)c1ccc(C(=O)ON2C(=O)CCC2=O)cc1.CC(C)C[Si](O)(CC(C)C)c1ccc(C(=O)ON2C(=O)CCC2=O)cc1. The standard InChI is InChI=1S/C19H27NO5Si.C19H27NO4Si/c1-13(2)11-26(24,12-14(3)4)16-7-5-15(6-8-16)19(23)25-20-17(21)9-10-18(20)22;1-13(2)11-25(12-14(3)4)16-7-5-15(6-8-16)19(23)24-20-17(21)9-10-18(20)22/h5-8,13-14,24H,9-12H2,1-4H3;5-8,13-14,25H,9-12H2,1-4H3. The molecule has 0 saturated carbocycles. The molecule has 2 aromatic rings. The molecule has 2 aliphatic heterocycles. The number of rotatable bonds is 14. The Morgan fingerprint density at radius 1 is 0.608 bits per heavy atom. The average Bonchev–Trinajstić information content (AvgIpc) is 3.54. The highest BCUT2D eigenvalue weighted by Crippen LogP contribution is 2.24. The smallest absolute Gasteiger partial charge is 0.363 e. The van der Waals surface area contributed by atoms with Gasteiger partial charge in [0, 0.05) is 25.7 Å². The van der Waals surface area contributed by atoms with Crippen molar-refractivity contribution in [3.8, 4) is 0 Å². The lowest BCUT2D eigenvalue weighted by molar-refractivity contribution is -0.173. The third kappa shape index (κ3) is 12.1. The lowest BCUT2D eigenvalue weighted by atomic mass is 10.2. The van der Waals surface area contributed by atoms with Crippen LogP contribution in [0.3, 0.4) is 0 Å². The predicted octanol–water partition coefficient (Wildman–Crippen LogP) is 5.02. The zero-order valence-electron chi connectivity index (χ0n) is 31.3. The van der Waals surface area contributed by atoms with Gasteiger partial charge in [0.2, 0.25) is 8.32 Å². The Balaban J connectivity index is 0.000000276. The lowest BCUT2D eigenvalue weighted by Gasteiger charge is -2.29. The third-order valence-corrected chi connectivity index (χ3v) is 17.4. The largest absolute Gasteiger partial charge is 0.427 e. The Morgan fingerprint density at radius 2 is 0.941 bits per heavy atom. The first-order valence-corrected chi connectivity index (χ1v) is 22.6. The fourth-order valence-electron chi connectivity index (χ4n) is 6.57. The summed E-state index contributed by atoms with van der Waals surface area (Å²) in [5.41, 5.74) is 0.602. The summed E-state index contributed by atoms with van der Waals surface area (Å²) in [4.78, 5) is 91.7. The topological polar surface area (TPSA) is 148 Å². The van der Waals surface area contributed by atoms with Gasteiger partial charge >= 0.3 is 11.9 Å². The maximum absolute atomic E-state index is 12.2. The van der Waals surface area contributed by atoms with Crippen molar-refractivity contribution in [2.75, 3.05) is 0 Å². The summed E-state index contributed by atoms with van der Waals surface area (Å²) < 4.78 is 0. The number of amides is 4. The number of carbonyl (C=O) groups is 6. The molecular formula is C38H54N2O9Si2. The maximum atomic E-state index is 12.2. The monoisotopic (exact) mass is 738 g/mol. The van der Waals surface area contributed by atoms with Crippen molar-refractivity contribution in [2.24, 2.45) is 23.7 Å². The van der Waals surface area contributed by atoms with Crippen molar-refractivity contribution in [2.45, 2.75) is 105 Å². The Morgan fingerprint density at radius 3 is 1.25 bits per heavy atom. The molecule has 11 nitrogen and oxygen atoms in total. The van der Waals surface area contributed by atoms with Crippen molar-refractivity contribution in [3.63, 3.8) is 0 Å². The Hall–Kier alpha value is -3.95. The van der Waals surface area contributed by atoms with E-state index >= 15 is 0 Å². The molecule has 1 N–H and O–H groups in total. The van der Waals surface area contributed by atoms with Gasteiger partial charge in [0.25, 0.3) is 23.6 Å². The minimum absolute atomic E-state index is 0.0636. The Kier molecular flexibility index (Phi) is 15.1. The predicted molar refractivity (Wildman–Crippen MR) is 199 cm³/mol. The van der Waals surface area contributed by atoms with Gasteiger partial charge in [-0.3, -0.25) is 19.2 Å². The molecule has 2 aromatic carbocycles. The van der Waals surface area contributed by atoms with Gasteiger partial charge in [-0.25, -0.2) is 9.59 Å². The molecule has 0 bridgehead atoms. The van der Waals surface area contributed by atoms with E-state index in [0.29, 0.717) is 39.4 Å². The van der Waals surface area contributed by atoms with E-state index in [1.165, 1.54) is 17.3 Å². The molecule has 4 amide bonds. The summed E-state index contributed by atoms with van der Waals surface area (Å²) in [6.07, 6.45) is 0.327. The molecule has 13 heteroatoms. The molecule has 51 heavy (non-hydrogen) atoms. The lowest BCUT2D eigenvalue weighted by Crippen LogP contribution is -2.50. The highest BCUT2D eigenvalue weighted by atomic mass is 28.4. The van der Waals surface area contributed by atoms with Crippen molar-refractivity contribution in [3.05, 3.63) is 59.7 Å². The van der Waals surface area contributed by atoms with E-state index in [1.807, 2.05) is 12.1 Å². The Labute approximate surface area is 304 Å². The van der Waals surface area contributed by atoms with Crippen LogP contribution < -0.4 is 10.4 Å². The second-order valence-electron chi connectivity index (χ2n) is 15.3. The summed E-state index contributed by atoms with van der Waals surface area (Å²) >= 11 is 0. The molecule has 2 heterocycles. The fourth-order valence-corrected chi connectivity index (χ4v) is 14.4. The van der Waals surface area contributed by atoms with Crippen molar-refractivity contribution >= 4 is 63.1 Å². The van der Waals surface area contributed by atoms with Gasteiger partial charge < -0.3 is 14.5 Å². The molecule has 0 aliphatic carbocycles. The van der Waals surface area contributed by atoms with Crippen LogP contribution in [0, 0.1) is 23.7 Å². The van der Waals surface area contributed by atoms with Crippen LogP contribution in [0.2, 0.25) is 24.2 Å². The van der Waals surface area contributed by atoms with Crippen molar-refractivity contribution < 1.29 is 43.2 Å².